The minimum Gasteiger partial charge on any atom is -0.478 e. The highest BCUT2D eigenvalue weighted by Crippen LogP contribution is 2.22. The molecule has 0 spiro atoms. The van der Waals surface area contributed by atoms with Crippen LogP contribution in [-0.2, 0) is 0 Å². The molecule has 1 aromatic carbocycles. The summed E-state index contributed by atoms with van der Waals surface area (Å²) in [6, 6.07) is 2.56. The maximum atomic E-state index is 12.6. The van der Waals surface area contributed by atoms with Crippen LogP contribution in [0.15, 0.2) is 22.7 Å². The number of urea groups is 1. The first-order valence-corrected chi connectivity index (χ1v) is 6.16. The molecule has 0 radical (unpaired) electrons. The first-order valence-electron chi connectivity index (χ1n) is 5.37. The zero-order chi connectivity index (χ0) is 16.2. The Hall–Kier alpha value is -1.84. The lowest BCUT2D eigenvalue weighted by Gasteiger charge is -2.16. The molecule has 0 saturated carbocycles. The fraction of sp³-hybridized carbons (Fsp3) is 0.273. The number of halogens is 5. The highest BCUT2D eigenvalue weighted by atomic mass is 79.9. The van der Waals surface area contributed by atoms with Gasteiger partial charge >= 0.3 is 24.3 Å². The molecule has 0 unspecified atom stereocenters. The van der Waals surface area contributed by atoms with Crippen molar-refractivity contribution in [2.45, 2.75) is 12.3 Å². The van der Waals surface area contributed by atoms with Gasteiger partial charge in [-0.15, -0.1) is 0 Å². The SMILES string of the molecule is O=C(NCC(F)(F)C(F)F)Nc1ccc(Br)c(C(=O)O)c1. The topological polar surface area (TPSA) is 78.4 Å². The quantitative estimate of drug-likeness (QED) is 0.694. The zero-order valence-electron chi connectivity index (χ0n) is 10.2. The summed E-state index contributed by atoms with van der Waals surface area (Å²) in [4.78, 5) is 22.1. The van der Waals surface area contributed by atoms with Crippen molar-refractivity contribution in [2.24, 2.45) is 0 Å². The van der Waals surface area contributed by atoms with Crippen molar-refractivity contribution in [3.05, 3.63) is 28.2 Å². The van der Waals surface area contributed by atoms with Gasteiger partial charge < -0.3 is 15.7 Å². The summed E-state index contributed by atoms with van der Waals surface area (Å²) in [7, 11) is 0. The van der Waals surface area contributed by atoms with Gasteiger partial charge in [-0.2, -0.15) is 8.78 Å². The van der Waals surface area contributed by atoms with Crippen LogP contribution in [0, 0.1) is 0 Å². The predicted octanol–water partition coefficient (Wildman–Crippen LogP) is 3.17. The molecule has 0 bridgehead atoms. The van der Waals surface area contributed by atoms with Crippen molar-refractivity contribution in [1.82, 2.24) is 5.32 Å². The summed E-state index contributed by atoms with van der Waals surface area (Å²) in [5, 5.41) is 12.5. The van der Waals surface area contributed by atoms with Crippen LogP contribution >= 0.6 is 15.9 Å². The van der Waals surface area contributed by atoms with E-state index in [9.17, 15) is 27.2 Å². The molecule has 116 valence electrons. The normalized spacial score (nSPS) is 11.3. The van der Waals surface area contributed by atoms with Crippen molar-refractivity contribution >= 4 is 33.6 Å². The van der Waals surface area contributed by atoms with Crippen LogP contribution in [0.25, 0.3) is 0 Å². The molecule has 1 rings (SSSR count). The maximum absolute atomic E-state index is 12.6. The molecule has 0 aliphatic carbocycles. The lowest BCUT2D eigenvalue weighted by Crippen LogP contribution is -2.42. The van der Waals surface area contributed by atoms with E-state index >= 15 is 0 Å². The van der Waals surface area contributed by atoms with Crippen molar-refractivity contribution in [1.29, 1.82) is 0 Å². The molecule has 3 N–H and O–H groups in total. The smallest absolute Gasteiger partial charge is 0.336 e. The Morgan fingerprint density at radius 1 is 1.33 bits per heavy atom. The van der Waals surface area contributed by atoms with Gasteiger partial charge in [0, 0.05) is 10.2 Å². The minimum atomic E-state index is -4.34. The number of amides is 2. The second kappa shape index (κ2) is 6.74. The van der Waals surface area contributed by atoms with Gasteiger partial charge in [0.15, 0.2) is 0 Å². The summed E-state index contributed by atoms with van der Waals surface area (Å²) in [5.41, 5.74) is -0.154. The Balaban J connectivity index is 2.68. The molecule has 0 heterocycles. The van der Waals surface area contributed by atoms with Crippen LogP contribution < -0.4 is 10.6 Å². The molecular weight excluding hydrogens is 364 g/mol. The highest BCUT2D eigenvalue weighted by Gasteiger charge is 2.40. The standard InChI is InChI=1S/C11H9BrF4N2O3/c12-7-2-1-5(3-6(7)8(19)20)18-10(21)17-4-11(15,16)9(13)14/h1-3,9H,4H2,(H,19,20)(H2,17,18,21). The van der Waals surface area contributed by atoms with Crippen LogP contribution in [0.4, 0.5) is 28.0 Å². The van der Waals surface area contributed by atoms with Gasteiger partial charge in [0.25, 0.3) is 0 Å². The Morgan fingerprint density at radius 2 is 1.95 bits per heavy atom. The molecule has 0 saturated heterocycles. The van der Waals surface area contributed by atoms with E-state index in [2.05, 4.69) is 21.2 Å². The third-order valence-corrected chi connectivity index (χ3v) is 2.95. The minimum absolute atomic E-state index is 0.00784. The number of anilines is 1. The predicted molar refractivity (Wildman–Crippen MR) is 69.1 cm³/mol. The fourth-order valence-electron chi connectivity index (χ4n) is 1.22. The van der Waals surface area contributed by atoms with Crippen LogP contribution in [0.3, 0.4) is 0 Å². The molecule has 2 amide bonds. The molecule has 1 aromatic rings. The Morgan fingerprint density at radius 3 is 2.48 bits per heavy atom. The Kier molecular flexibility index (Phi) is 5.53. The van der Waals surface area contributed by atoms with Crippen LogP contribution in [0.5, 0.6) is 0 Å². The molecule has 0 atom stereocenters. The van der Waals surface area contributed by atoms with E-state index in [1.165, 1.54) is 12.1 Å². The lowest BCUT2D eigenvalue weighted by molar-refractivity contribution is -0.123. The number of carboxylic acid groups (broad SMARTS) is 1. The van der Waals surface area contributed by atoms with Gasteiger partial charge in [-0.05, 0) is 34.1 Å². The fourth-order valence-corrected chi connectivity index (χ4v) is 1.63. The van der Waals surface area contributed by atoms with E-state index in [0.29, 0.717) is 0 Å². The second-order valence-electron chi connectivity index (χ2n) is 3.87. The van der Waals surface area contributed by atoms with Gasteiger partial charge in [-0.3, -0.25) is 0 Å². The Labute approximate surface area is 124 Å². The molecule has 10 heteroatoms. The number of hydrogen-bond donors (Lipinski definition) is 3. The molecule has 21 heavy (non-hydrogen) atoms. The van der Waals surface area contributed by atoms with Crippen molar-refractivity contribution in [2.75, 3.05) is 11.9 Å². The van der Waals surface area contributed by atoms with Gasteiger partial charge in [-0.1, -0.05) is 0 Å². The van der Waals surface area contributed by atoms with Gasteiger partial charge in [0.1, 0.15) is 0 Å². The summed E-state index contributed by atoms with van der Waals surface area (Å²) in [6.45, 7) is -1.54. The number of alkyl halides is 4. The van der Waals surface area contributed by atoms with Crippen molar-refractivity contribution in [3.63, 3.8) is 0 Å². The Bertz CT molecular complexity index is 554. The van der Waals surface area contributed by atoms with E-state index in [1.54, 1.807) is 5.32 Å². The van der Waals surface area contributed by atoms with E-state index < -0.39 is 30.9 Å². The number of carbonyl (C=O) groups is 2. The third-order valence-electron chi connectivity index (χ3n) is 2.26. The lowest BCUT2D eigenvalue weighted by atomic mass is 10.2. The van der Waals surface area contributed by atoms with E-state index in [1.807, 2.05) is 0 Å². The first kappa shape index (κ1) is 17.2. The summed E-state index contributed by atoms with van der Waals surface area (Å²) in [5.74, 6) is -5.61. The van der Waals surface area contributed by atoms with Crippen molar-refractivity contribution in [3.8, 4) is 0 Å². The molecular formula is C11H9BrF4N2O3. The highest BCUT2D eigenvalue weighted by molar-refractivity contribution is 9.10. The first-order chi connectivity index (χ1) is 9.63. The average Bonchev–Trinajstić information content (AvgIpc) is 2.38. The van der Waals surface area contributed by atoms with E-state index in [4.69, 9.17) is 5.11 Å². The zero-order valence-corrected chi connectivity index (χ0v) is 11.8. The summed E-state index contributed by atoms with van der Waals surface area (Å²) in [6.07, 6.45) is -3.90. The maximum Gasteiger partial charge on any atom is 0.336 e. The van der Waals surface area contributed by atoms with Crippen LogP contribution in [-0.4, -0.2) is 36.0 Å². The number of carboxylic acids is 1. The third kappa shape index (κ3) is 4.88. The van der Waals surface area contributed by atoms with Gasteiger partial charge in [0.2, 0.25) is 0 Å². The van der Waals surface area contributed by atoms with Gasteiger partial charge in [-0.25, -0.2) is 18.4 Å². The number of aromatic carboxylic acids is 1. The molecule has 0 fully saturated rings. The van der Waals surface area contributed by atoms with Crippen molar-refractivity contribution < 1.29 is 32.3 Å². The van der Waals surface area contributed by atoms with Crippen LogP contribution in [0.1, 0.15) is 10.4 Å². The molecule has 0 aliphatic heterocycles. The van der Waals surface area contributed by atoms with Gasteiger partial charge in [0.05, 0.1) is 12.1 Å². The van der Waals surface area contributed by atoms with E-state index in [0.717, 1.165) is 6.07 Å². The molecule has 5 nitrogen and oxygen atoms in total. The average molecular weight is 373 g/mol. The second-order valence-corrected chi connectivity index (χ2v) is 4.72. The molecule has 0 aromatic heterocycles. The number of nitrogens with one attached hydrogen (secondary N) is 2. The number of rotatable bonds is 5. The number of carbonyl (C=O) groups excluding carboxylic acids is 1. The number of hydrogen-bond acceptors (Lipinski definition) is 2. The van der Waals surface area contributed by atoms with Crippen LogP contribution in [0.2, 0.25) is 0 Å². The molecule has 0 aliphatic rings. The number of benzene rings is 1. The monoisotopic (exact) mass is 372 g/mol. The van der Waals surface area contributed by atoms with E-state index in [-0.39, 0.29) is 15.7 Å². The summed E-state index contributed by atoms with van der Waals surface area (Å²) < 4.78 is 49.2. The summed E-state index contributed by atoms with van der Waals surface area (Å²) >= 11 is 2.98. The largest absolute Gasteiger partial charge is 0.478 e.